The summed E-state index contributed by atoms with van der Waals surface area (Å²) in [5.41, 5.74) is 10.3. The van der Waals surface area contributed by atoms with Crippen LogP contribution in [0.5, 0.6) is 0 Å². The van der Waals surface area contributed by atoms with E-state index in [4.69, 9.17) is 15.5 Å². The molecule has 5 rings (SSSR count). The molecule has 33 heavy (non-hydrogen) atoms. The molecule has 10 heteroatoms. The molecule has 1 aliphatic heterocycles. The summed E-state index contributed by atoms with van der Waals surface area (Å²) in [7, 11) is 3.73. The van der Waals surface area contributed by atoms with Crippen LogP contribution in [0.25, 0.3) is 10.3 Å². The van der Waals surface area contributed by atoms with Gasteiger partial charge in [-0.2, -0.15) is 0 Å². The van der Waals surface area contributed by atoms with E-state index in [0.717, 1.165) is 49.6 Å². The van der Waals surface area contributed by atoms with Crippen molar-refractivity contribution >= 4 is 39.1 Å². The maximum atomic E-state index is 13.0. The van der Waals surface area contributed by atoms with Crippen molar-refractivity contribution < 1.29 is 9.53 Å². The summed E-state index contributed by atoms with van der Waals surface area (Å²) >= 11 is 1.30. The van der Waals surface area contributed by atoms with Gasteiger partial charge in [0.15, 0.2) is 0 Å². The number of rotatable bonds is 5. The number of nitrogens with one attached hydrogen (secondary N) is 2. The largest absolute Gasteiger partial charge is 0.396 e. The van der Waals surface area contributed by atoms with E-state index in [1.165, 1.54) is 16.9 Å². The van der Waals surface area contributed by atoms with Crippen molar-refractivity contribution in [2.24, 2.45) is 0 Å². The third-order valence-electron chi connectivity index (χ3n) is 6.61. The summed E-state index contributed by atoms with van der Waals surface area (Å²) < 4.78 is 5.61. The first-order valence-electron chi connectivity index (χ1n) is 11.2. The topological polar surface area (TPSA) is 118 Å². The molecule has 3 aromatic rings. The molecule has 9 nitrogen and oxygen atoms in total. The number of thiophene rings is 1. The number of likely N-dealkylation sites (N-methyl/N-ethyl adjacent to an activating group) is 1. The lowest BCUT2D eigenvalue weighted by Crippen LogP contribution is -2.39. The average Bonchev–Trinajstić information content (AvgIpc) is 3.39. The van der Waals surface area contributed by atoms with Crippen LogP contribution in [-0.4, -0.2) is 66.3 Å². The molecule has 0 aromatic carbocycles. The molecular formula is C23H29N7O2S. The van der Waals surface area contributed by atoms with Crippen LogP contribution in [0.1, 0.15) is 33.0 Å². The Bertz CT molecular complexity index is 1190. The minimum absolute atomic E-state index is 0.0447. The van der Waals surface area contributed by atoms with E-state index in [2.05, 4.69) is 37.6 Å². The van der Waals surface area contributed by atoms with Crippen LogP contribution in [-0.2, 0) is 17.6 Å². The second kappa shape index (κ2) is 8.85. The monoisotopic (exact) mass is 467 g/mol. The van der Waals surface area contributed by atoms with Gasteiger partial charge in [-0.1, -0.05) is 6.07 Å². The highest BCUT2D eigenvalue weighted by atomic mass is 32.1. The number of carbonyl (C=O) groups is 1. The fourth-order valence-corrected chi connectivity index (χ4v) is 5.77. The normalized spacial score (nSPS) is 22.5. The number of methoxy groups -OCH3 is 1. The van der Waals surface area contributed by atoms with Crippen LogP contribution in [0, 0.1) is 6.92 Å². The molecule has 1 fully saturated rings. The highest BCUT2D eigenvalue weighted by molar-refractivity contribution is 7.21. The van der Waals surface area contributed by atoms with Crippen molar-refractivity contribution in [2.75, 3.05) is 37.9 Å². The van der Waals surface area contributed by atoms with Gasteiger partial charge < -0.3 is 26.0 Å². The Balaban J connectivity index is 1.27. The minimum atomic E-state index is -0.159. The Labute approximate surface area is 196 Å². The van der Waals surface area contributed by atoms with Crippen molar-refractivity contribution in [1.29, 1.82) is 0 Å². The number of hydrogen-bond donors (Lipinski definition) is 3. The van der Waals surface area contributed by atoms with Gasteiger partial charge in [0.2, 0.25) is 0 Å². The lowest BCUT2D eigenvalue weighted by molar-refractivity contribution is 0.0938. The number of nitrogens with two attached hydrogens (primary N) is 1. The number of aromatic nitrogens is 3. The molecule has 4 heterocycles. The van der Waals surface area contributed by atoms with Crippen LogP contribution in [0.4, 0.5) is 11.5 Å². The van der Waals surface area contributed by atoms with E-state index in [0.29, 0.717) is 27.0 Å². The molecule has 1 saturated heterocycles. The number of hydrogen-bond acceptors (Lipinski definition) is 9. The molecule has 1 aliphatic carbocycles. The maximum Gasteiger partial charge on any atom is 0.263 e. The van der Waals surface area contributed by atoms with Crippen molar-refractivity contribution in [2.45, 2.75) is 44.4 Å². The van der Waals surface area contributed by atoms with Gasteiger partial charge >= 0.3 is 0 Å². The first kappa shape index (κ1) is 22.0. The Morgan fingerprint density at radius 1 is 1.30 bits per heavy atom. The van der Waals surface area contributed by atoms with Gasteiger partial charge in [-0.25, -0.2) is 15.0 Å². The SMILES string of the molecule is CN[C@@H]1CN(c2ccc3c(n2)CC[C@H](NC(=O)c2sc4nc(C)cnc4c2N)C3)C[C@@H]1OC. The van der Waals surface area contributed by atoms with E-state index in [1.54, 1.807) is 13.3 Å². The number of nitrogen functional groups attached to an aromatic ring is 1. The molecular weight excluding hydrogens is 438 g/mol. The van der Waals surface area contributed by atoms with Gasteiger partial charge in [0.1, 0.15) is 21.0 Å². The number of carbonyl (C=O) groups excluding carboxylic acids is 1. The first-order valence-corrected chi connectivity index (χ1v) is 12.0. The summed E-state index contributed by atoms with van der Waals surface area (Å²) in [5.74, 6) is 0.832. The predicted molar refractivity (Wildman–Crippen MR) is 130 cm³/mol. The lowest BCUT2D eigenvalue weighted by Gasteiger charge is -2.26. The number of anilines is 2. The number of ether oxygens (including phenoxy) is 1. The quantitative estimate of drug-likeness (QED) is 0.519. The Morgan fingerprint density at radius 3 is 2.91 bits per heavy atom. The van der Waals surface area contributed by atoms with Crippen LogP contribution in [0.2, 0.25) is 0 Å². The van der Waals surface area contributed by atoms with Gasteiger partial charge in [0.25, 0.3) is 5.91 Å². The standard InChI is InChI=1S/C23H29N7O2S/c1-12-9-26-20-19(24)21(33-23(20)27-12)22(31)28-14-5-6-15-13(8-14)4-7-18(29-15)30-10-16(25-2)17(11-30)32-3/h4,7,9,14,16-17,25H,5-6,8,10-11,24H2,1-3H3,(H,28,31)/t14-,16+,17-/m0/s1. The van der Waals surface area contributed by atoms with Crippen molar-refractivity contribution in [3.63, 3.8) is 0 Å². The zero-order chi connectivity index (χ0) is 23.1. The van der Waals surface area contributed by atoms with E-state index < -0.39 is 0 Å². The highest BCUT2D eigenvalue weighted by Gasteiger charge is 2.33. The molecule has 0 unspecified atom stereocenters. The molecule has 3 atom stereocenters. The van der Waals surface area contributed by atoms with Crippen LogP contribution in [0.15, 0.2) is 18.3 Å². The summed E-state index contributed by atoms with van der Waals surface area (Å²) in [6, 6.07) is 4.57. The van der Waals surface area contributed by atoms with Crippen molar-refractivity contribution in [1.82, 2.24) is 25.6 Å². The van der Waals surface area contributed by atoms with E-state index in [1.807, 2.05) is 14.0 Å². The molecule has 0 saturated carbocycles. The summed E-state index contributed by atoms with van der Waals surface area (Å²) in [6.45, 7) is 3.57. The molecule has 0 bridgehead atoms. The van der Waals surface area contributed by atoms with E-state index in [9.17, 15) is 4.79 Å². The number of amides is 1. The molecule has 0 spiro atoms. The Kier molecular flexibility index (Phi) is 5.90. The summed E-state index contributed by atoms with van der Waals surface area (Å²) in [5, 5.41) is 6.49. The van der Waals surface area contributed by atoms with Crippen LogP contribution >= 0.6 is 11.3 Å². The zero-order valence-corrected chi connectivity index (χ0v) is 19.9. The fraction of sp³-hybridized carbons (Fsp3) is 0.478. The summed E-state index contributed by atoms with van der Waals surface area (Å²) in [4.78, 5) is 30.2. The van der Waals surface area contributed by atoms with Crippen molar-refractivity contribution in [3.8, 4) is 0 Å². The number of pyridine rings is 1. The van der Waals surface area contributed by atoms with E-state index in [-0.39, 0.29) is 18.1 Å². The second-order valence-corrected chi connectivity index (χ2v) is 9.77. The average molecular weight is 468 g/mol. The molecule has 2 aliphatic rings. The van der Waals surface area contributed by atoms with E-state index >= 15 is 0 Å². The van der Waals surface area contributed by atoms with Gasteiger partial charge in [0, 0.05) is 38.1 Å². The van der Waals surface area contributed by atoms with Gasteiger partial charge in [-0.05, 0) is 44.9 Å². The highest BCUT2D eigenvalue weighted by Crippen LogP contribution is 2.31. The third-order valence-corrected chi connectivity index (χ3v) is 7.70. The fourth-order valence-electron chi connectivity index (χ4n) is 4.77. The third kappa shape index (κ3) is 4.14. The van der Waals surface area contributed by atoms with Crippen LogP contribution < -0.4 is 21.3 Å². The number of nitrogens with zero attached hydrogens (tertiary/aromatic N) is 4. The maximum absolute atomic E-state index is 13.0. The Morgan fingerprint density at radius 2 is 2.15 bits per heavy atom. The minimum Gasteiger partial charge on any atom is -0.396 e. The first-order chi connectivity index (χ1) is 16.0. The van der Waals surface area contributed by atoms with Crippen LogP contribution in [0.3, 0.4) is 0 Å². The van der Waals surface area contributed by atoms with Crippen molar-refractivity contribution in [3.05, 3.63) is 40.2 Å². The van der Waals surface area contributed by atoms with Gasteiger partial charge in [-0.3, -0.25) is 4.79 Å². The van der Waals surface area contributed by atoms with Gasteiger partial charge in [-0.15, -0.1) is 11.3 Å². The smallest absolute Gasteiger partial charge is 0.263 e. The second-order valence-electron chi connectivity index (χ2n) is 8.77. The molecule has 1 amide bonds. The lowest BCUT2D eigenvalue weighted by atomic mass is 9.91. The van der Waals surface area contributed by atoms with Gasteiger partial charge in [0.05, 0.1) is 23.5 Å². The molecule has 3 aromatic heterocycles. The molecule has 174 valence electrons. The number of aryl methyl sites for hydroxylation is 2. The molecule has 4 N–H and O–H groups in total. The predicted octanol–water partition coefficient (Wildman–Crippen LogP) is 1.69. The molecule has 0 radical (unpaired) electrons. The Hall–Kier alpha value is -2.82. The zero-order valence-electron chi connectivity index (χ0n) is 19.1. The summed E-state index contributed by atoms with van der Waals surface area (Å²) in [6.07, 6.45) is 4.26. The number of fused-ring (bicyclic) bond motifs is 2.